The van der Waals surface area contributed by atoms with Crippen LogP contribution in [0.2, 0.25) is 0 Å². The molecular formula is C17H21N3O3. The Bertz CT molecular complexity index is 588. The van der Waals surface area contributed by atoms with Crippen LogP contribution in [0, 0.1) is 0 Å². The van der Waals surface area contributed by atoms with Gasteiger partial charge in [0.05, 0.1) is 31.5 Å². The molecule has 23 heavy (non-hydrogen) atoms. The van der Waals surface area contributed by atoms with Gasteiger partial charge in [-0.05, 0) is 24.3 Å². The van der Waals surface area contributed by atoms with E-state index >= 15 is 0 Å². The summed E-state index contributed by atoms with van der Waals surface area (Å²) < 4.78 is 10.4. The van der Waals surface area contributed by atoms with Gasteiger partial charge in [0.25, 0.3) is 0 Å². The van der Waals surface area contributed by atoms with Gasteiger partial charge in [-0.3, -0.25) is 4.79 Å². The van der Waals surface area contributed by atoms with E-state index in [1.807, 2.05) is 36.4 Å². The molecular weight excluding hydrogens is 294 g/mol. The van der Waals surface area contributed by atoms with Crippen LogP contribution in [0.4, 0.5) is 11.5 Å². The number of anilines is 2. The van der Waals surface area contributed by atoms with Gasteiger partial charge in [0.2, 0.25) is 5.91 Å². The minimum Gasteiger partial charge on any atom is -0.493 e. The Kier molecular flexibility index (Phi) is 6.87. The van der Waals surface area contributed by atoms with E-state index in [1.165, 1.54) is 0 Å². The molecule has 0 aliphatic carbocycles. The molecule has 2 rings (SSSR count). The topological polar surface area (TPSA) is 72.5 Å². The first-order valence-electron chi connectivity index (χ1n) is 7.44. The molecule has 0 fully saturated rings. The Hall–Kier alpha value is -2.60. The zero-order valence-electron chi connectivity index (χ0n) is 13.1. The normalized spacial score (nSPS) is 10.1. The highest BCUT2D eigenvalue weighted by Crippen LogP contribution is 2.11. The summed E-state index contributed by atoms with van der Waals surface area (Å²) in [6, 6.07) is 13.0. The van der Waals surface area contributed by atoms with Crippen molar-refractivity contribution in [3.05, 3.63) is 48.7 Å². The molecule has 2 aromatic rings. The van der Waals surface area contributed by atoms with Crippen LogP contribution in [0.1, 0.15) is 6.42 Å². The number of methoxy groups -OCH3 is 1. The predicted molar refractivity (Wildman–Crippen MR) is 89.8 cm³/mol. The number of benzene rings is 1. The van der Waals surface area contributed by atoms with E-state index in [2.05, 4.69) is 15.6 Å². The van der Waals surface area contributed by atoms with Crippen LogP contribution in [0.3, 0.4) is 0 Å². The van der Waals surface area contributed by atoms with Gasteiger partial charge in [-0.25, -0.2) is 4.98 Å². The average Bonchev–Trinajstić information content (AvgIpc) is 2.58. The zero-order valence-corrected chi connectivity index (χ0v) is 13.1. The minimum absolute atomic E-state index is 0.131. The van der Waals surface area contributed by atoms with Gasteiger partial charge in [0.15, 0.2) is 0 Å². The van der Waals surface area contributed by atoms with E-state index in [1.54, 1.807) is 19.4 Å². The van der Waals surface area contributed by atoms with Crippen molar-refractivity contribution in [3.8, 4) is 5.75 Å². The molecule has 1 aromatic carbocycles. The molecule has 1 amide bonds. The van der Waals surface area contributed by atoms with Gasteiger partial charge in [0, 0.05) is 13.7 Å². The number of carbonyl (C=O) groups excluding carboxylic acids is 1. The largest absolute Gasteiger partial charge is 0.493 e. The average molecular weight is 315 g/mol. The fraction of sp³-hybridized carbons (Fsp3) is 0.294. The summed E-state index contributed by atoms with van der Waals surface area (Å²) in [5.74, 6) is 1.14. The lowest BCUT2D eigenvalue weighted by molar-refractivity contribution is -0.116. The Labute approximate surface area is 135 Å². The van der Waals surface area contributed by atoms with E-state index in [9.17, 15) is 4.79 Å². The van der Waals surface area contributed by atoms with E-state index < -0.39 is 0 Å². The third-order valence-corrected chi connectivity index (χ3v) is 3.01. The highest BCUT2D eigenvalue weighted by molar-refractivity contribution is 5.89. The summed E-state index contributed by atoms with van der Waals surface area (Å²) in [6.07, 6.45) is 1.94. The van der Waals surface area contributed by atoms with Crippen molar-refractivity contribution < 1.29 is 14.3 Å². The SMILES string of the molecule is COCCNc1ccc(NC(=O)CCOc2ccccc2)nc1. The molecule has 0 bridgehead atoms. The summed E-state index contributed by atoms with van der Waals surface area (Å²) in [6.45, 7) is 1.66. The monoisotopic (exact) mass is 315 g/mol. The molecule has 1 aromatic heterocycles. The number of hydrogen-bond acceptors (Lipinski definition) is 5. The highest BCUT2D eigenvalue weighted by Gasteiger charge is 2.04. The van der Waals surface area contributed by atoms with E-state index in [0.29, 0.717) is 25.6 Å². The molecule has 0 radical (unpaired) electrons. The Morgan fingerprint density at radius 3 is 2.65 bits per heavy atom. The van der Waals surface area contributed by atoms with Crippen LogP contribution >= 0.6 is 0 Å². The zero-order chi connectivity index (χ0) is 16.3. The number of aromatic nitrogens is 1. The van der Waals surface area contributed by atoms with Crippen molar-refractivity contribution in [1.29, 1.82) is 0 Å². The molecule has 122 valence electrons. The smallest absolute Gasteiger partial charge is 0.228 e. The second-order valence-corrected chi connectivity index (χ2v) is 4.81. The molecule has 1 heterocycles. The van der Waals surface area contributed by atoms with Crippen molar-refractivity contribution in [2.24, 2.45) is 0 Å². The third kappa shape index (κ3) is 6.36. The van der Waals surface area contributed by atoms with E-state index in [4.69, 9.17) is 9.47 Å². The molecule has 0 atom stereocenters. The maximum Gasteiger partial charge on any atom is 0.228 e. The lowest BCUT2D eigenvalue weighted by Gasteiger charge is -2.08. The predicted octanol–water partition coefficient (Wildman–Crippen LogP) is 2.55. The molecule has 0 aliphatic heterocycles. The lowest BCUT2D eigenvalue weighted by atomic mass is 10.3. The van der Waals surface area contributed by atoms with Crippen LogP contribution in [0.5, 0.6) is 5.75 Å². The second kappa shape index (κ2) is 9.42. The van der Waals surface area contributed by atoms with Gasteiger partial charge in [-0.2, -0.15) is 0 Å². The minimum atomic E-state index is -0.131. The summed E-state index contributed by atoms with van der Waals surface area (Å²) in [5.41, 5.74) is 0.882. The standard InChI is InChI=1S/C17H21N3O3/c1-22-12-10-18-14-7-8-16(19-13-14)20-17(21)9-11-23-15-5-3-2-4-6-15/h2-8,13,18H,9-12H2,1H3,(H,19,20,21). The van der Waals surface area contributed by atoms with Gasteiger partial charge in [-0.15, -0.1) is 0 Å². The first kappa shape index (κ1) is 16.8. The Balaban J connectivity index is 1.70. The van der Waals surface area contributed by atoms with Crippen molar-refractivity contribution in [2.75, 3.05) is 37.5 Å². The third-order valence-electron chi connectivity index (χ3n) is 3.01. The summed E-state index contributed by atoms with van der Waals surface area (Å²) in [7, 11) is 1.65. The molecule has 0 unspecified atom stereocenters. The number of rotatable bonds is 9. The first-order chi connectivity index (χ1) is 11.3. The summed E-state index contributed by atoms with van der Waals surface area (Å²) in [5, 5.41) is 5.90. The lowest BCUT2D eigenvalue weighted by Crippen LogP contribution is -2.16. The van der Waals surface area contributed by atoms with Crippen molar-refractivity contribution >= 4 is 17.4 Å². The molecule has 6 nitrogen and oxygen atoms in total. The number of nitrogens with one attached hydrogen (secondary N) is 2. The number of amides is 1. The fourth-order valence-electron chi connectivity index (χ4n) is 1.85. The van der Waals surface area contributed by atoms with Crippen LogP contribution in [0.15, 0.2) is 48.7 Å². The molecule has 2 N–H and O–H groups in total. The number of ether oxygens (including phenoxy) is 2. The van der Waals surface area contributed by atoms with Gasteiger partial charge in [0.1, 0.15) is 11.6 Å². The van der Waals surface area contributed by atoms with E-state index in [-0.39, 0.29) is 12.3 Å². The molecule has 0 saturated carbocycles. The fourth-order valence-corrected chi connectivity index (χ4v) is 1.85. The van der Waals surface area contributed by atoms with Crippen LogP contribution < -0.4 is 15.4 Å². The maximum atomic E-state index is 11.8. The number of carbonyl (C=O) groups is 1. The maximum absolute atomic E-state index is 11.8. The number of hydrogen-bond donors (Lipinski definition) is 2. The molecule has 0 spiro atoms. The van der Waals surface area contributed by atoms with Crippen LogP contribution in [-0.2, 0) is 9.53 Å². The highest BCUT2D eigenvalue weighted by atomic mass is 16.5. The van der Waals surface area contributed by atoms with Crippen molar-refractivity contribution in [3.63, 3.8) is 0 Å². The van der Waals surface area contributed by atoms with Crippen LogP contribution in [-0.4, -0.2) is 37.8 Å². The number of para-hydroxylation sites is 1. The van der Waals surface area contributed by atoms with Gasteiger partial charge >= 0.3 is 0 Å². The Morgan fingerprint density at radius 2 is 1.96 bits per heavy atom. The van der Waals surface area contributed by atoms with Crippen LogP contribution in [0.25, 0.3) is 0 Å². The molecule has 0 aliphatic rings. The first-order valence-corrected chi connectivity index (χ1v) is 7.44. The second-order valence-electron chi connectivity index (χ2n) is 4.81. The Morgan fingerprint density at radius 1 is 1.13 bits per heavy atom. The van der Waals surface area contributed by atoms with Crippen molar-refractivity contribution in [1.82, 2.24) is 4.98 Å². The number of nitrogens with zero attached hydrogens (tertiary/aromatic N) is 1. The van der Waals surface area contributed by atoms with Gasteiger partial charge in [-0.1, -0.05) is 18.2 Å². The van der Waals surface area contributed by atoms with Crippen molar-refractivity contribution in [2.45, 2.75) is 6.42 Å². The van der Waals surface area contributed by atoms with E-state index in [0.717, 1.165) is 11.4 Å². The quantitative estimate of drug-likeness (QED) is 0.696. The summed E-state index contributed by atoms with van der Waals surface area (Å²) >= 11 is 0. The molecule has 0 saturated heterocycles. The number of pyridine rings is 1. The summed E-state index contributed by atoms with van der Waals surface area (Å²) in [4.78, 5) is 16.0. The van der Waals surface area contributed by atoms with Gasteiger partial charge < -0.3 is 20.1 Å². The molecule has 6 heteroatoms.